The quantitative estimate of drug-likeness (QED) is 0.395. The van der Waals surface area contributed by atoms with Crippen molar-refractivity contribution in [2.45, 2.75) is 26.7 Å². The topological polar surface area (TPSA) is 82.1 Å². The fraction of sp³-hybridized carbons (Fsp3) is 0.474. The Kier molecular flexibility index (Phi) is 6.78. The molecule has 27 heavy (non-hydrogen) atoms. The first-order valence-electron chi connectivity index (χ1n) is 8.40. The summed E-state index contributed by atoms with van der Waals surface area (Å²) in [6.07, 6.45) is 0.307. The minimum Gasteiger partial charge on any atom is -0.493 e. The van der Waals surface area contributed by atoms with Gasteiger partial charge >= 0.3 is 5.97 Å². The highest BCUT2D eigenvalue weighted by atomic mass is 32.1. The molecule has 0 bridgehead atoms. The second kappa shape index (κ2) is 8.67. The number of ether oxygens (including phenoxy) is 3. The van der Waals surface area contributed by atoms with E-state index in [0.717, 1.165) is 11.3 Å². The van der Waals surface area contributed by atoms with Crippen LogP contribution in [0.4, 0.5) is 4.39 Å². The molecular formula is C19H23FO6S. The molecule has 6 nitrogen and oxygen atoms in total. The number of methoxy groups -OCH3 is 2. The van der Waals surface area contributed by atoms with Crippen LogP contribution < -0.4 is 9.47 Å². The lowest BCUT2D eigenvalue weighted by atomic mass is 9.87. The molecule has 0 atom stereocenters. The van der Waals surface area contributed by atoms with Crippen LogP contribution in [-0.4, -0.2) is 44.3 Å². The van der Waals surface area contributed by atoms with Gasteiger partial charge in [-0.3, -0.25) is 9.59 Å². The van der Waals surface area contributed by atoms with E-state index in [-0.39, 0.29) is 42.3 Å². The van der Waals surface area contributed by atoms with Crippen molar-refractivity contribution < 1.29 is 33.3 Å². The number of aliphatic hydroxyl groups excluding tert-OH is 1. The van der Waals surface area contributed by atoms with Crippen molar-refractivity contribution >= 4 is 33.2 Å². The summed E-state index contributed by atoms with van der Waals surface area (Å²) in [4.78, 5) is 24.7. The van der Waals surface area contributed by atoms with Crippen molar-refractivity contribution in [1.82, 2.24) is 0 Å². The molecule has 0 spiro atoms. The van der Waals surface area contributed by atoms with Crippen molar-refractivity contribution in [3.8, 4) is 11.5 Å². The number of aliphatic hydroxyl groups is 1. The van der Waals surface area contributed by atoms with Gasteiger partial charge in [-0.15, -0.1) is 11.3 Å². The van der Waals surface area contributed by atoms with Gasteiger partial charge in [0.15, 0.2) is 23.1 Å². The number of fused-ring (bicyclic) bond motifs is 1. The van der Waals surface area contributed by atoms with Gasteiger partial charge in [0.05, 0.1) is 31.1 Å². The molecule has 0 unspecified atom stereocenters. The molecule has 2 rings (SSSR count). The lowest BCUT2D eigenvalue weighted by Gasteiger charge is -2.19. The van der Waals surface area contributed by atoms with E-state index in [1.807, 2.05) is 0 Å². The average Bonchev–Trinajstić information content (AvgIpc) is 3.07. The van der Waals surface area contributed by atoms with Crippen LogP contribution in [0.3, 0.4) is 0 Å². The first-order chi connectivity index (χ1) is 12.7. The highest BCUT2D eigenvalue weighted by molar-refractivity contribution is 7.20. The summed E-state index contributed by atoms with van der Waals surface area (Å²) >= 11 is 1.13. The lowest BCUT2D eigenvalue weighted by molar-refractivity contribution is -0.150. The van der Waals surface area contributed by atoms with Gasteiger partial charge in [-0.05, 0) is 19.9 Å². The summed E-state index contributed by atoms with van der Waals surface area (Å²) in [6.45, 7) is 3.32. The SMILES string of the molecule is COC(=O)C(C)(C)CC(=O)c1cc2c(F)c(OCCCO)c(OC)cc2s1. The smallest absolute Gasteiger partial charge is 0.311 e. The summed E-state index contributed by atoms with van der Waals surface area (Å²) < 4.78 is 30.8. The minimum atomic E-state index is -0.975. The molecule has 0 saturated heterocycles. The molecule has 0 aliphatic carbocycles. The first kappa shape index (κ1) is 21.1. The molecule has 0 radical (unpaired) electrons. The Morgan fingerprint density at radius 2 is 1.96 bits per heavy atom. The van der Waals surface area contributed by atoms with Gasteiger partial charge in [-0.25, -0.2) is 4.39 Å². The Balaban J connectivity index is 2.37. The van der Waals surface area contributed by atoms with Crippen LogP contribution in [0.2, 0.25) is 0 Å². The van der Waals surface area contributed by atoms with Crippen LogP contribution >= 0.6 is 11.3 Å². The van der Waals surface area contributed by atoms with Gasteiger partial charge in [-0.1, -0.05) is 0 Å². The number of ketones is 1. The number of benzene rings is 1. The van der Waals surface area contributed by atoms with E-state index in [2.05, 4.69) is 0 Å². The fourth-order valence-electron chi connectivity index (χ4n) is 2.60. The summed E-state index contributed by atoms with van der Waals surface area (Å²) in [5.74, 6) is -1.21. The molecule has 0 amide bonds. The molecule has 8 heteroatoms. The highest BCUT2D eigenvalue weighted by Crippen LogP contribution is 2.40. The van der Waals surface area contributed by atoms with Crippen molar-refractivity contribution in [3.05, 3.63) is 22.8 Å². The summed E-state index contributed by atoms with van der Waals surface area (Å²) in [5.41, 5.74) is -0.975. The minimum absolute atomic E-state index is 0.0505. The zero-order valence-corrected chi connectivity index (χ0v) is 16.6. The second-order valence-electron chi connectivity index (χ2n) is 6.65. The monoisotopic (exact) mass is 398 g/mol. The number of halogens is 1. The third kappa shape index (κ3) is 4.56. The second-order valence-corrected chi connectivity index (χ2v) is 7.73. The zero-order valence-electron chi connectivity index (χ0n) is 15.8. The van der Waals surface area contributed by atoms with E-state index in [4.69, 9.17) is 19.3 Å². The van der Waals surface area contributed by atoms with Crippen LogP contribution in [0, 0.1) is 11.2 Å². The standard InChI is InChI=1S/C19H23FO6S/c1-19(2,18(23)25-4)10-12(22)15-8-11-14(27-15)9-13(24-3)17(16(11)20)26-7-5-6-21/h8-9,21H,5-7,10H2,1-4H3. The number of rotatable bonds is 9. The maximum atomic E-state index is 14.9. The molecule has 0 saturated carbocycles. The molecule has 1 N–H and O–H groups in total. The Labute approximate surface area is 160 Å². The largest absolute Gasteiger partial charge is 0.493 e. The fourth-order valence-corrected chi connectivity index (χ4v) is 3.62. The molecule has 0 aliphatic rings. The molecule has 1 aromatic heterocycles. The summed E-state index contributed by atoms with van der Waals surface area (Å²) in [5, 5.41) is 9.10. The summed E-state index contributed by atoms with van der Waals surface area (Å²) in [7, 11) is 2.67. The van der Waals surface area contributed by atoms with Crippen molar-refractivity contribution in [3.63, 3.8) is 0 Å². The van der Waals surface area contributed by atoms with E-state index in [1.54, 1.807) is 19.9 Å². The summed E-state index contributed by atoms with van der Waals surface area (Å²) in [6, 6.07) is 3.07. The third-order valence-electron chi connectivity index (χ3n) is 4.07. The van der Waals surface area contributed by atoms with Gasteiger partial charge < -0.3 is 19.3 Å². The Hall–Kier alpha value is -2.19. The van der Waals surface area contributed by atoms with Crippen LogP contribution in [-0.2, 0) is 9.53 Å². The number of hydrogen-bond donors (Lipinski definition) is 1. The number of thiophene rings is 1. The molecule has 148 valence electrons. The van der Waals surface area contributed by atoms with Crippen molar-refractivity contribution in [2.75, 3.05) is 27.4 Å². The van der Waals surface area contributed by atoms with E-state index in [9.17, 15) is 14.0 Å². The molecule has 2 aromatic rings. The predicted molar refractivity (Wildman–Crippen MR) is 100 cm³/mol. The average molecular weight is 398 g/mol. The van der Waals surface area contributed by atoms with Crippen molar-refractivity contribution in [2.24, 2.45) is 5.41 Å². The van der Waals surface area contributed by atoms with Gasteiger partial charge in [0.1, 0.15) is 0 Å². The number of carbonyl (C=O) groups is 2. The zero-order chi connectivity index (χ0) is 20.2. The molecule has 1 aromatic carbocycles. The highest BCUT2D eigenvalue weighted by Gasteiger charge is 2.32. The van der Waals surface area contributed by atoms with Crippen LogP contribution in [0.25, 0.3) is 10.1 Å². The van der Waals surface area contributed by atoms with E-state index in [0.29, 0.717) is 16.0 Å². The van der Waals surface area contributed by atoms with Gasteiger partial charge in [0, 0.05) is 35.6 Å². The Morgan fingerprint density at radius 1 is 1.26 bits per heavy atom. The maximum Gasteiger partial charge on any atom is 0.311 e. The number of carbonyl (C=O) groups excluding carboxylic acids is 2. The maximum absolute atomic E-state index is 14.9. The van der Waals surface area contributed by atoms with Crippen LogP contribution in [0.15, 0.2) is 12.1 Å². The third-order valence-corrected chi connectivity index (χ3v) is 5.19. The molecule has 1 heterocycles. The molecule has 0 fully saturated rings. The van der Waals surface area contributed by atoms with E-state index < -0.39 is 17.2 Å². The molecule has 0 aliphatic heterocycles. The van der Waals surface area contributed by atoms with Gasteiger partial charge in [0.2, 0.25) is 0 Å². The number of esters is 1. The molecular weight excluding hydrogens is 375 g/mol. The van der Waals surface area contributed by atoms with Gasteiger partial charge in [-0.2, -0.15) is 0 Å². The first-order valence-corrected chi connectivity index (χ1v) is 9.22. The Bertz CT molecular complexity index is 842. The van der Waals surface area contributed by atoms with Crippen molar-refractivity contribution in [1.29, 1.82) is 0 Å². The number of Topliss-reactive ketones (excluding diaryl/α,β-unsaturated/α-hetero) is 1. The number of hydrogen-bond acceptors (Lipinski definition) is 7. The van der Waals surface area contributed by atoms with E-state index in [1.165, 1.54) is 20.3 Å². The van der Waals surface area contributed by atoms with E-state index >= 15 is 0 Å². The van der Waals surface area contributed by atoms with Crippen LogP contribution in [0.1, 0.15) is 36.4 Å². The van der Waals surface area contributed by atoms with Gasteiger partial charge in [0.25, 0.3) is 0 Å². The normalized spacial score (nSPS) is 11.5. The lowest BCUT2D eigenvalue weighted by Crippen LogP contribution is -2.28. The van der Waals surface area contributed by atoms with Crippen LogP contribution in [0.5, 0.6) is 11.5 Å². The Morgan fingerprint density at radius 3 is 2.56 bits per heavy atom. The predicted octanol–water partition coefficient (Wildman–Crippen LogP) is 3.58.